The van der Waals surface area contributed by atoms with Crippen molar-refractivity contribution in [3.05, 3.63) is 65.8 Å². The number of benzene rings is 1. The predicted molar refractivity (Wildman–Crippen MR) is 142 cm³/mol. The number of aryl methyl sites for hydroxylation is 2. The Labute approximate surface area is 220 Å². The van der Waals surface area contributed by atoms with Gasteiger partial charge >= 0.3 is 0 Å². The summed E-state index contributed by atoms with van der Waals surface area (Å²) >= 11 is 1.16. The number of aromatic nitrogens is 1. The van der Waals surface area contributed by atoms with Gasteiger partial charge in [0.15, 0.2) is 11.9 Å². The second-order valence-corrected chi connectivity index (χ2v) is 10.1. The minimum Gasteiger partial charge on any atom is -0.464 e. The maximum atomic E-state index is 13.7. The number of thioether (sulfide) groups is 1. The number of carbonyl (C=O) groups excluding carboxylic acids is 3. The van der Waals surface area contributed by atoms with Crippen LogP contribution in [0.2, 0.25) is 0 Å². The Morgan fingerprint density at radius 3 is 2.43 bits per heavy atom. The Bertz CT molecular complexity index is 1200. The summed E-state index contributed by atoms with van der Waals surface area (Å²) in [7, 11) is 0. The number of furan rings is 1. The Hall–Kier alpha value is -3.53. The number of amides is 3. The summed E-state index contributed by atoms with van der Waals surface area (Å²) in [4.78, 5) is 41.1. The van der Waals surface area contributed by atoms with Gasteiger partial charge in [-0.1, -0.05) is 42.6 Å². The van der Waals surface area contributed by atoms with Gasteiger partial charge in [-0.15, -0.1) is 11.8 Å². The Morgan fingerprint density at radius 2 is 1.78 bits per heavy atom. The molecule has 0 spiro atoms. The lowest BCUT2D eigenvalue weighted by Crippen LogP contribution is -2.47. The van der Waals surface area contributed by atoms with Gasteiger partial charge in [0.05, 0.1) is 11.5 Å². The van der Waals surface area contributed by atoms with Gasteiger partial charge in [-0.25, -0.2) is 0 Å². The summed E-state index contributed by atoms with van der Waals surface area (Å²) in [5.74, 6) is 1.11. The summed E-state index contributed by atoms with van der Waals surface area (Å²) in [6, 6.07) is 13.3. The number of hydrogen-bond acceptors (Lipinski definition) is 7. The number of nitrogens with one attached hydrogen (secondary N) is 2. The van der Waals surface area contributed by atoms with Gasteiger partial charge in [0, 0.05) is 17.8 Å². The fourth-order valence-electron chi connectivity index (χ4n) is 4.43. The summed E-state index contributed by atoms with van der Waals surface area (Å²) in [6.07, 6.45) is 5.16. The van der Waals surface area contributed by atoms with E-state index in [0.29, 0.717) is 28.8 Å². The molecule has 1 saturated carbocycles. The van der Waals surface area contributed by atoms with Crippen molar-refractivity contribution in [3.8, 4) is 0 Å². The highest BCUT2D eigenvalue weighted by Crippen LogP contribution is 2.31. The van der Waals surface area contributed by atoms with E-state index in [1.54, 1.807) is 44.2 Å². The Morgan fingerprint density at radius 1 is 1.03 bits per heavy atom. The Balaban J connectivity index is 1.51. The van der Waals surface area contributed by atoms with Crippen molar-refractivity contribution in [3.63, 3.8) is 0 Å². The molecule has 1 aliphatic rings. The van der Waals surface area contributed by atoms with Crippen molar-refractivity contribution < 1.29 is 23.3 Å². The molecule has 1 atom stereocenters. The van der Waals surface area contributed by atoms with Crippen molar-refractivity contribution >= 4 is 41.0 Å². The molecule has 9 nitrogen and oxygen atoms in total. The molecule has 4 rings (SSSR count). The molecule has 1 fully saturated rings. The van der Waals surface area contributed by atoms with E-state index in [-0.39, 0.29) is 35.3 Å². The molecule has 0 aliphatic heterocycles. The van der Waals surface area contributed by atoms with Gasteiger partial charge in [0.25, 0.3) is 5.91 Å². The van der Waals surface area contributed by atoms with Gasteiger partial charge < -0.3 is 19.6 Å². The third kappa shape index (κ3) is 7.25. The van der Waals surface area contributed by atoms with E-state index < -0.39 is 6.04 Å². The summed E-state index contributed by atoms with van der Waals surface area (Å²) in [5, 5.41) is 9.55. The van der Waals surface area contributed by atoms with E-state index in [4.69, 9.17) is 8.94 Å². The molecule has 3 aromatic rings. The molecule has 3 amide bonds. The standard InChI is InChI=1S/C27H32N4O5S/c1-18-13-14-22(35-18)26(27(34)28-20-9-5-3-6-10-20)31(21-11-7-4-8-12-21)25(33)17-37-16-24(32)29-23-15-19(2)36-30-23/h4,7-8,11-15,20,26H,3,5-6,9-10,16-17H2,1-2H3,(H,28,34)(H,29,30,32). The fraction of sp³-hybridized carbons (Fsp3) is 0.407. The zero-order valence-corrected chi connectivity index (χ0v) is 21.9. The highest BCUT2D eigenvalue weighted by atomic mass is 32.2. The van der Waals surface area contributed by atoms with E-state index >= 15 is 0 Å². The lowest BCUT2D eigenvalue weighted by Gasteiger charge is -2.32. The van der Waals surface area contributed by atoms with Gasteiger partial charge in [0.2, 0.25) is 11.8 Å². The molecule has 196 valence electrons. The number of carbonyl (C=O) groups is 3. The first-order chi connectivity index (χ1) is 17.9. The first-order valence-electron chi connectivity index (χ1n) is 12.5. The first kappa shape index (κ1) is 26.5. The molecule has 1 aliphatic carbocycles. The van der Waals surface area contributed by atoms with Crippen molar-refractivity contribution in [1.82, 2.24) is 10.5 Å². The van der Waals surface area contributed by atoms with Crippen LogP contribution in [0.4, 0.5) is 11.5 Å². The SMILES string of the molecule is Cc1cc(NC(=O)CSCC(=O)N(c2ccccc2)C(C(=O)NC2CCCCC2)c2ccc(C)o2)no1. The third-order valence-corrected chi connectivity index (χ3v) is 7.06. The number of nitrogens with zero attached hydrogens (tertiary/aromatic N) is 2. The van der Waals surface area contributed by atoms with Crippen LogP contribution < -0.4 is 15.5 Å². The molecule has 2 heterocycles. The smallest absolute Gasteiger partial charge is 0.251 e. The van der Waals surface area contributed by atoms with Crippen LogP contribution in [0.5, 0.6) is 0 Å². The molecule has 2 aromatic heterocycles. The van der Waals surface area contributed by atoms with E-state index in [2.05, 4.69) is 15.8 Å². The monoisotopic (exact) mass is 524 g/mol. The summed E-state index contributed by atoms with van der Waals surface area (Å²) in [6.45, 7) is 3.54. The minimum absolute atomic E-state index is 0.00689. The van der Waals surface area contributed by atoms with E-state index in [1.807, 2.05) is 18.2 Å². The van der Waals surface area contributed by atoms with Gasteiger partial charge in [0.1, 0.15) is 17.3 Å². The average Bonchev–Trinajstić information content (AvgIpc) is 3.50. The maximum absolute atomic E-state index is 13.7. The van der Waals surface area contributed by atoms with Crippen LogP contribution in [0.15, 0.2) is 57.5 Å². The van der Waals surface area contributed by atoms with Crippen LogP contribution in [-0.4, -0.2) is 40.4 Å². The van der Waals surface area contributed by atoms with Crippen LogP contribution in [-0.2, 0) is 14.4 Å². The molecular formula is C27H32N4O5S. The highest BCUT2D eigenvalue weighted by molar-refractivity contribution is 8.00. The number of rotatable bonds is 10. The second kappa shape index (κ2) is 12.6. The van der Waals surface area contributed by atoms with Crippen LogP contribution in [0.1, 0.15) is 55.4 Å². The van der Waals surface area contributed by atoms with Crippen molar-refractivity contribution in [2.24, 2.45) is 0 Å². The quantitative estimate of drug-likeness (QED) is 0.392. The van der Waals surface area contributed by atoms with Crippen LogP contribution in [0, 0.1) is 13.8 Å². The molecular weight excluding hydrogens is 492 g/mol. The molecule has 0 bridgehead atoms. The summed E-state index contributed by atoms with van der Waals surface area (Å²) in [5.41, 5.74) is 0.577. The van der Waals surface area contributed by atoms with Crippen LogP contribution >= 0.6 is 11.8 Å². The van der Waals surface area contributed by atoms with Crippen LogP contribution in [0.3, 0.4) is 0 Å². The van der Waals surface area contributed by atoms with E-state index in [9.17, 15) is 14.4 Å². The molecule has 0 saturated heterocycles. The molecule has 37 heavy (non-hydrogen) atoms. The Kier molecular flexibility index (Phi) is 9.05. The predicted octanol–water partition coefficient (Wildman–Crippen LogP) is 4.78. The van der Waals surface area contributed by atoms with E-state index in [0.717, 1.165) is 37.4 Å². The zero-order chi connectivity index (χ0) is 26.2. The number of hydrogen-bond donors (Lipinski definition) is 2. The van der Waals surface area contributed by atoms with Crippen molar-refractivity contribution in [2.45, 2.75) is 58.0 Å². The third-order valence-electron chi connectivity index (χ3n) is 6.15. The van der Waals surface area contributed by atoms with E-state index in [1.165, 1.54) is 11.3 Å². The average molecular weight is 525 g/mol. The second-order valence-electron chi connectivity index (χ2n) is 9.16. The number of anilines is 2. The van der Waals surface area contributed by atoms with Crippen LogP contribution in [0.25, 0.3) is 0 Å². The molecule has 1 unspecified atom stereocenters. The maximum Gasteiger partial charge on any atom is 0.251 e. The van der Waals surface area contributed by atoms with Gasteiger partial charge in [-0.05, 0) is 51.0 Å². The minimum atomic E-state index is -0.974. The normalized spacial score (nSPS) is 14.6. The first-order valence-corrected chi connectivity index (χ1v) is 13.6. The fourth-order valence-corrected chi connectivity index (χ4v) is 5.10. The topological polar surface area (TPSA) is 118 Å². The van der Waals surface area contributed by atoms with Crippen molar-refractivity contribution in [1.29, 1.82) is 0 Å². The molecule has 10 heteroatoms. The molecule has 0 radical (unpaired) electrons. The van der Waals surface area contributed by atoms with Crippen molar-refractivity contribution in [2.75, 3.05) is 21.7 Å². The molecule has 1 aromatic carbocycles. The zero-order valence-electron chi connectivity index (χ0n) is 21.1. The van der Waals surface area contributed by atoms with Gasteiger partial charge in [-0.2, -0.15) is 0 Å². The molecule has 2 N–H and O–H groups in total. The van der Waals surface area contributed by atoms with Gasteiger partial charge in [-0.3, -0.25) is 19.3 Å². The summed E-state index contributed by atoms with van der Waals surface area (Å²) < 4.78 is 10.8. The number of para-hydroxylation sites is 1. The lowest BCUT2D eigenvalue weighted by molar-refractivity contribution is -0.127. The highest BCUT2D eigenvalue weighted by Gasteiger charge is 2.36. The largest absolute Gasteiger partial charge is 0.464 e. The lowest BCUT2D eigenvalue weighted by atomic mass is 9.95.